The Kier molecular flexibility index (Phi) is 3.20. The number of hydrogen-bond donors (Lipinski definition) is 1. The predicted molar refractivity (Wildman–Crippen MR) is 87.6 cm³/mol. The van der Waals surface area contributed by atoms with E-state index in [0.29, 0.717) is 0 Å². The van der Waals surface area contributed by atoms with Crippen molar-refractivity contribution in [1.29, 1.82) is 0 Å². The van der Waals surface area contributed by atoms with E-state index in [1.54, 1.807) is 12.4 Å². The molecular formula is C17H17N5. The fraction of sp³-hybridized carbons (Fsp3) is 0.235. The molecule has 0 radical (unpaired) electrons. The summed E-state index contributed by atoms with van der Waals surface area (Å²) in [4.78, 5) is 15.5. The largest absolute Gasteiger partial charge is 0.354 e. The van der Waals surface area contributed by atoms with Gasteiger partial charge in [-0.2, -0.15) is 0 Å². The van der Waals surface area contributed by atoms with E-state index < -0.39 is 0 Å². The van der Waals surface area contributed by atoms with Crippen molar-refractivity contribution in [3.8, 4) is 11.3 Å². The van der Waals surface area contributed by atoms with Crippen LogP contribution >= 0.6 is 0 Å². The molecule has 22 heavy (non-hydrogen) atoms. The Bertz CT molecular complexity index is 803. The zero-order chi connectivity index (χ0) is 14.9. The van der Waals surface area contributed by atoms with Crippen molar-refractivity contribution in [3.63, 3.8) is 0 Å². The molecule has 5 heteroatoms. The molecule has 5 nitrogen and oxygen atoms in total. The molecule has 1 aliphatic rings. The van der Waals surface area contributed by atoms with Gasteiger partial charge in [0.15, 0.2) is 0 Å². The average molecular weight is 291 g/mol. The third kappa shape index (κ3) is 2.29. The monoisotopic (exact) mass is 291 g/mol. The van der Waals surface area contributed by atoms with Crippen LogP contribution in [0.15, 0.2) is 49.1 Å². The maximum atomic E-state index is 6.07. The Morgan fingerprint density at radius 3 is 2.68 bits per heavy atom. The van der Waals surface area contributed by atoms with Gasteiger partial charge >= 0.3 is 0 Å². The number of aromatic nitrogens is 3. The molecule has 1 atom stereocenters. The van der Waals surface area contributed by atoms with Gasteiger partial charge in [-0.1, -0.05) is 0 Å². The second kappa shape index (κ2) is 5.35. The minimum Gasteiger partial charge on any atom is -0.354 e. The smallest absolute Gasteiger partial charge is 0.137 e. The first-order chi connectivity index (χ1) is 10.8. The van der Waals surface area contributed by atoms with Gasteiger partial charge in [-0.05, 0) is 30.7 Å². The molecule has 3 aromatic heterocycles. The molecule has 2 N–H and O–H groups in total. The van der Waals surface area contributed by atoms with Crippen LogP contribution in [-0.4, -0.2) is 34.1 Å². The van der Waals surface area contributed by atoms with Gasteiger partial charge in [0.05, 0.1) is 5.69 Å². The summed E-state index contributed by atoms with van der Waals surface area (Å²) in [5.74, 6) is 1.000. The molecule has 1 fully saturated rings. The lowest BCUT2D eigenvalue weighted by molar-refractivity contribution is 0.752. The van der Waals surface area contributed by atoms with Crippen LogP contribution in [-0.2, 0) is 0 Å². The number of anilines is 1. The van der Waals surface area contributed by atoms with Crippen LogP contribution in [0.3, 0.4) is 0 Å². The molecule has 1 unspecified atom stereocenters. The summed E-state index contributed by atoms with van der Waals surface area (Å²) in [7, 11) is 0. The van der Waals surface area contributed by atoms with Crippen molar-refractivity contribution in [2.75, 3.05) is 18.0 Å². The topological polar surface area (TPSA) is 67.9 Å². The van der Waals surface area contributed by atoms with Gasteiger partial charge in [0.25, 0.3) is 0 Å². The predicted octanol–water partition coefficient (Wildman–Crippen LogP) is 2.23. The third-order valence-electron chi connectivity index (χ3n) is 4.11. The molecule has 0 amide bonds. The molecule has 0 bridgehead atoms. The Morgan fingerprint density at radius 2 is 1.91 bits per heavy atom. The summed E-state index contributed by atoms with van der Waals surface area (Å²) >= 11 is 0. The van der Waals surface area contributed by atoms with Crippen LogP contribution in [0, 0.1) is 0 Å². The SMILES string of the molecule is NC1CCN(c2nc(-c3ccncc3)cc3cnccc23)C1. The summed E-state index contributed by atoms with van der Waals surface area (Å²) in [5.41, 5.74) is 8.07. The lowest BCUT2D eigenvalue weighted by atomic mass is 10.1. The van der Waals surface area contributed by atoms with E-state index in [9.17, 15) is 0 Å². The standard InChI is InChI=1S/C17H17N5/c18-14-4-8-22(11-14)17-15-3-7-20-10-13(15)9-16(21-17)12-1-5-19-6-2-12/h1-3,5-7,9-10,14H,4,8,11,18H2. The summed E-state index contributed by atoms with van der Waals surface area (Å²) in [6.07, 6.45) is 8.29. The summed E-state index contributed by atoms with van der Waals surface area (Å²) in [6.45, 7) is 1.80. The third-order valence-corrected chi connectivity index (χ3v) is 4.11. The minimum absolute atomic E-state index is 0.225. The number of nitrogens with zero attached hydrogens (tertiary/aromatic N) is 4. The zero-order valence-corrected chi connectivity index (χ0v) is 12.2. The van der Waals surface area contributed by atoms with E-state index >= 15 is 0 Å². The van der Waals surface area contributed by atoms with Gasteiger partial charge in [0, 0.05) is 60.3 Å². The zero-order valence-electron chi connectivity index (χ0n) is 12.2. The van der Waals surface area contributed by atoms with Crippen LogP contribution in [0.25, 0.3) is 22.0 Å². The lowest BCUT2D eigenvalue weighted by Crippen LogP contribution is -2.27. The molecular weight excluding hydrogens is 274 g/mol. The summed E-state index contributed by atoms with van der Waals surface area (Å²) in [6, 6.07) is 8.28. The van der Waals surface area contributed by atoms with Gasteiger partial charge in [0.1, 0.15) is 5.82 Å². The Hall–Kier alpha value is -2.53. The summed E-state index contributed by atoms with van der Waals surface area (Å²) in [5, 5.41) is 2.22. The van der Waals surface area contributed by atoms with E-state index in [-0.39, 0.29) is 6.04 Å². The quantitative estimate of drug-likeness (QED) is 0.784. The van der Waals surface area contributed by atoms with E-state index in [0.717, 1.165) is 47.4 Å². The highest BCUT2D eigenvalue weighted by Gasteiger charge is 2.22. The van der Waals surface area contributed by atoms with Crippen LogP contribution in [0.1, 0.15) is 6.42 Å². The average Bonchev–Trinajstić information content (AvgIpc) is 3.01. The van der Waals surface area contributed by atoms with Crippen LogP contribution in [0.2, 0.25) is 0 Å². The van der Waals surface area contributed by atoms with Crippen molar-refractivity contribution in [3.05, 3.63) is 49.1 Å². The fourth-order valence-corrected chi connectivity index (χ4v) is 2.97. The molecule has 3 aromatic rings. The van der Waals surface area contributed by atoms with Crippen LogP contribution in [0.5, 0.6) is 0 Å². The molecule has 0 aliphatic carbocycles. The van der Waals surface area contributed by atoms with E-state index in [2.05, 4.69) is 20.9 Å². The second-order valence-corrected chi connectivity index (χ2v) is 5.66. The maximum Gasteiger partial charge on any atom is 0.137 e. The van der Waals surface area contributed by atoms with Crippen LogP contribution < -0.4 is 10.6 Å². The number of fused-ring (bicyclic) bond motifs is 1. The molecule has 4 rings (SSSR count). The maximum absolute atomic E-state index is 6.07. The molecule has 0 aromatic carbocycles. The van der Waals surface area contributed by atoms with Crippen molar-refractivity contribution >= 4 is 16.6 Å². The molecule has 0 saturated carbocycles. The highest BCUT2D eigenvalue weighted by atomic mass is 15.2. The lowest BCUT2D eigenvalue weighted by Gasteiger charge is -2.20. The van der Waals surface area contributed by atoms with Crippen molar-refractivity contribution in [2.24, 2.45) is 5.73 Å². The molecule has 1 aliphatic heterocycles. The van der Waals surface area contributed by atoms with E-state index in [1.807, 2.05) is 30.6 Å². The number of pyridine rings is 3. The number of rotatable bonds is 2. The van der Waals surface area contributed by atoms with Crippen molar-refractivity contribution in [2.45, 2.75) is 12.5 Å². The van der Waals surface area contributed by atoms with Gasteiger partial charge in [-0.25, -0.2) is 4.98 Å². The number of nitrogens with two attached hydrogens (primary N) is 1. The van der Waals surface area contributed by atoms with Crippen molar-refractivity contribution in [1.82, 2.24) is 15.0 Å². The highest BCUT2D eigenvalue weighted by molar-refractivity contribution is 5.94. The molecule has 1 saturated heterocycles. The van der Waals surface area contributed by atoms with Gasteiger partial charge < -0.3 is 10.6 Å². The number of hydrogen-bond acceptors (Lipinski definition) is 5. The minimum atomic E-state index is 0.225. The van der Waals surface area contributed by atoms with E-state index in [4.69, 9.17) is 10.7 Å². The molecule has 0 spiro atoms. The van der Waals surface area contributed by atoms with Gasteiger partial charge in [-0.15, -0.1) is 0 Å². The molecule has 4 heterocycles. The Labute approximate surface area is 128 Å². The van der Waals surface area contributed by atoms with Crippen molar-refractivity contribution < 1.29 is 0 Å². The van der Waals surface area contributed by atoms with Gasteiger partial charge in [0.2, 0.25) is 0 Å². The first-order valence-corrected chi connectivity index (χ1v) is 7.47. The second-order valence-electron chi connectivity index (χ2n) is 5.66. The Morgan fingerprint density at radius 1 is 1.09 bits per heavy atom. The fourth-order valence-electron chi connectivity index (χ4n) is 2.97. The molecule has 110 valence electrons. The first-order valence-electron chi connectivity index (χ1n) is 7.47. The highest BCUT2D eigenvalue weighted by Crippen LogP contribution is 2.30. The van der Waals surface area contributed by atoms with E-state index in [1.165, 1.54) is 0 Å². The first kappa shape index (κ1) is 13.2. The Balaban J connectivity index is 1.90. The normalized spacial score (nSPS) is 18.0. The summed E-state index contributed by atoms with van der Waals surface area (Å²) < 4.78 is 0. The van der Waals surface area contributed by atoms with Crippen LogP contribution in [0.4, 0.5) is 5.82 Å². The van der Waals surface area contributed by atoms with Gasteiger partial charge in [-0.3, -0.25) is 9.97 Å².